The molecular formula is C11H15ClN2. The molecule has 1 heterocycles. The van der Waals surface area contributed by atoms with Gasteiger partial charge in [-0.2, -0.15) is 0 Å². The number of rotatable bonds is 1. The Kier molecular flexibility index (Phi) is 2.66. The number of nitrogen functional groups attached to an aromatic ring is 1. The molecule has 14 heavy (non-hydrogen) atoms. The van der Waals surface area contributed by atoms with Crippen LogP contribution < -0.4 is 11.1 Å². The zero-order valence-electron chi connectivity index (χ0n) is 8.31. The van der Waals surface area contributed by atoms with E-state index in [1.165, 1.54) is 6.42 Å². The highest BCUT2D eigenvalue weighted by Crippen LogP contribution is 2.32. The third kappa shape index (κ3) is 1.72. The molecule has 1 aromatic carbocycles. The zero-order valence-corrected chi connectivity index (χ0v) is 9.06. The fourth-order valence-electron chi connectivity index (χ4n) is 2.02. The van der Waals surface area contributed by atoms with Gasteiger partial charge in [-0.15, -0.1) is 0 Å². The number of nitrogens with two attached hydrogens (primary N) is 1. The highest BCUT2D eigenvalue weighted by Gasteiger charge is 2.19. The summed E-state index contributed by atoms with van der Waals surface area (Å²) in [5, 5.41) is 4.21. The monoisotopic (exact) mass is 210 g/mol. The zero-order chi connectivity index (χ0) is 10.1. The van der Waals surface area contributed by atoms with Gasteiger partial charge in [0, 0.05) is 16.8 Å². The molecule has 0 amide bonds. The van der Waals surface area contributed by atoms with Gasteiger partial charge in [-0.1, -0.05) is 11.6 Å². The Morgan fingerprint density at radius 3 is 2.93 bits per heavy atom. The number of anilines is 1. The van der Waals surface area contributed by atoms with Crippen molar-refractivity contribution < 1.29 is 0 Å². The molecule has 2 nitrogen and oxygen atoms in total. The molecule has 1 fully saturated rings. The Morgan fingerprint density at radius 2 is 2.29 bits per heavy atom. The van der Waals surface area contributed by atoms with E-state index in [-0.39, 0.29) is 0 Å². The van der Waals surface area contributed by atoms with Gasteiger partial charge >= 0.3 is 0 Å². The molecule has 1 aliphatic heterocycles. The van der Waals surface area contributed by atoms with Crippen LogP contribution >= 0.6 is 11.6 Å². The molecule has 0 bridgehead atoms. The summed E-state index contributed by atoms with van der Waals surface area (Å²) in [6.07, 6.45) is 2.37. The molecule has 1 saturated heterocycles. The van der Waals surface area contributed by atoms with E-state index >= 15 is 0 Å². The molecule has 1 aromatic rings. The Balaban J connectivity index is 2.40. The van der Waals surface area contributed by atoms with Crippen molar-refractivity contribution in [3.05, 3.63) is 28.3 Å². The molecule has 1 aliphatic rings. The van der Waals surface area contributed by atoms with E-state index in [0.717, 1.165) is 34.8 Å². The molecule has 0 radical (unpaired) electrons. The van der Waals surface area contributed by atoms with Crippen LogP contribution in [0.5, 0.6) is 0 Å². The van der Waals surface area contributed by atoms with E-state index in [1.54, 1.807) is 0 Å². The number of hydrogen-bond donors (Lipinski definition) is 2. The molecule has 1 unspecified atom stereocenters. The predicted molar refractivity (Wildman–Crippen MR) is 60.6 cm³/mol. The average Bonchev–Trinajstić information content (AvgIpc) is 2.63. The predicted octanol–water partition coefficient (Wildman–Crippen LogP) is 2.66. The quantitative estimate of drug-likeness (QED) is 0.700. The van der Waals surface area contributed by atoms with Gasteiger partial charge in [0.15, 0.2) is 0 Å². The summed E-state index contributed by atoms with van der Waals surface area (Å²) in [7, 11) is 0. The van der Waals surface area contributed by atoms with Crippen LogP contribution in [0, 0.1) is 6.92 Å². The summed E-state index contributed by atoms with van der Waals surface area (Å²) in [4.78, 5) is 0. The lowest BCUT2D eigenvalue weighted by atomic mass is 10.0. The van der Waals surface area contributed by atoms with Gasteiger partial charge in [0.2, 0.25) is 0 Å². The van der Waals surface area contributed by atoms with Crippen LogP contribution in [0.3, 0.4) is 0 Å². The van der Waals surface area contributed by atoms with Crippen molar-refractivity contribution in [1.29, 1.82) is 0 Å². The van der Waals surface area contributed by atoms with Crippen molar-refractivity contribution in [2.45, 2.75) is 25.8 Å². The first-order valence-electron chi connectivity index (χ1n) is 4.97. The summed E-state index contributed by atoms with van der Waals surface area (Å²) < 4.78 is 0. The number of hydrogen-bond acceptors (Lipinski definition) is 2. The van der Waals surface area contributed by atoms with E-state index in [9.17, 15) is 0 Å². The topological polar surface area (TPSA) is 38.0 Å². The second kappa shape index (κ2) is 3.79. The van der Waals surface area contributed by atoms with Crippen LogP contribution in [0.2, 0.25) is 5.02 Å². The van der Waals surface area contributed by atoms with E-state index in [4.69, 9.17) is 17.3 Å². The van der Waals surface area contributed by atoms with Crippen LogP contribution in [0.1, 0.15) is 30.0 Å². The van der Waals surface area contributed by atoms with Crippen LogP contribution in [0.25, 0.3) is 0 Å². The first-order valence-corrected chi connectivity index (χ1v) is 5.35. The van der Waals surface area contributed by atoms with Crippen LogP contribution in [-0.4, -0.2) is 6.54 Å². The lowest BCUT2D eigenvalue weighted by molar-refractivity contribution is 0.649. The molecule has 0 spiro atoms. The number of aryl methyl sites for hydroxylation is 1. The molecule has 76 valence electrons. The summed E-state index contributed by atoms with van der Waals surface area (Å²) in [6, 6.07) is 4.29. The second-order valence-electron chi connectivity index (χ2n) is 3.87. The lowest BCUT2D eigenvalue weighted by Crippen LogP contribution is -2.15. The average molecular weight is 211 g/mol. The lowest BCUT2D eigenvalue weighted by Gasteiger charge is -2.15. The highest BCUT2D eigenvalue weighted by atomic mass is 35.5. The van der Waals surface area contributed by atoms with Crippen LogP contribution in [0.4, 0.5) is 5.69 Å². The van der Waals surface area contributed by atoms with E-state index in [1.807, 2.05) is 19.1 Å². The molecule has 3 N–H and O–H groups in total. The Labute approximate surface area is 89.4 Å². The third-order valence-electron chi connectivity index (χ3n) is 2.82. The van der Waals surface area contributed by atoms with Crippen molar-refractivity contribution in [3.63, 3.8) is 0 Å². The van der Waals surface area contributed by atoms with Crippen molar-refractivity contribution >= 4 is 17.3 Å². The fourth-order valence-corrected chi connectivity index (χ4v) is 2.30. The smallest absolute Gasteiger partial charge is 0.0413 e. The van der Waals surface area contributed by atoms with E-state index in [2.05, 4.69) is 5.32 Å². The summed E-state index contributed by atoms with van der Waals surface area (Å²) in [5.74, 6) is 0. The SMILES string of the molecule is Cc1cc(Cl)cc(C2CCCN2)c1N. The van der Waals surface area contributed by atoms with Crippen molar-refractivity contribution in [2.24, 2.45) is 0 Å². The molecule has 0 saturated carbocycles. The number of benzene rings is 1. The van der Waals surface area contributed by atoms with Gasteiger partial charge in [0.05, 0.1) is 0 Å². The summed E-state index contributed by atoms with van der Waals surface area (Å²) >= 11 is 6.02. The minimum absolute atomic E-state index is 0.396. The van der Waals surface area contributed by atoms with Gasteiger partial charge in [0.1, 0.15) is 0 Å². The van der Waals surface area contributed by atoms with Gasteiger partial charge in [-0.25, -0.2) is 0 Å². The fraction of sp³-hybridized carbons (Fsp3) is 0.455. The van der Waals surface area contributed by atoms with Crippen molar-refractivity contribution in [2.75, 3.05) is 12.3 Å². The maximum absolute atomic E-state index is 6.03. The molecule has 1 atom stereocenters. The molecule has 3 heteroatoms. The molecule has 0 aromatic heterocycles. The first-order chi connectivity index (χ1) is 6.68. The highest BCUT2D eigenvalue weighted by molar-refractivity contribution is 6.30. The van der Waals surface area contributed by atoms with Crippen molar-refractivity contribution in [3.8, 4) is 0 Å². The number of nitrogens with one attached hydrogen (secondary N) is 1. The molecule has 0 aliphatic carbocycles. The van der Waals surface area contributed by atoms with Gasteiger partial charge in [0.25, 0.3) is 0 Å². The molecule has 2 rings (SSSR count). The minimum Gasteiger partial charge on any atom is -0.398 e. The summed E-state index contributed by atoms with van der Waals surface area (Å²) in [6.45, 7) is 3.08. The maximum Gasteiger partial charge on any atom is 0.0413 e. The largest absolute Gasteiger partial charge is 0.398 e. The van der Waals surface area contributed by atoms with Gasteiger partial charge < -0.3 is 11.1 Å². The standard InChI is InChI=1S/C11H15ClN2/c1-7-5-8(12)6-9(11(7)13)10-3-2-4-14-10/h5-6,10,14H,2-4,13H2,1H3. The Hall–Kier alpha value is -0.730. The van der Waals surface area contributed by atoms with E-state index in [0.29, 0.717) is 6.04 Å². The van der Waals surface area contributed by atoms with Gasteiger partial charge in [-0.3, -0.25) is 0 Å². The first kappa shape index (κ1) is 9.81. The minimum atomic E-state index is 0.396. The van der Waals surface area contributed by atoms with Crippen LogP contribution in [-0.2, 0) is 0 Å². The normalized spacial score (nSPS) is 21.4. The number of halogens is 1. The Bertz CT molecular complexity index is 343. The second-order valence-corrected chi connectivity index (χ2v) is 4.31. The Morgan fingerprint density at radius 1 is 1.50 bits per heavy atom. The van der Waals surface area contributed by atoms with Gasteiger partial charge in [-0.05, 0) is 49.6 Å². The maximum atomic E-state index is 6.03. The van der Waals surface area contributed by atoms with E-state index < -0.39 is 0 Å². The van der Waals surface area contributed by atoms with Crippen LogP contribution in [0.15, 0.2) is 12.1 Å². The summed E-state index contributed by atoms with van der Waals surface area (Å²) in [5.41, 5.74) is 9.15. The third-order valence-corrected chi connectivity index (χ3v) is 3.04. The molecular weight excluding hydrogens is 196 g/mol. The van der Waals surface area contributed by atoms with Crippen molar-refractivity contribution in [1.82, 2.24) is 5.32 Å².